The molecule has 0 aromatic rings. The average molecular weight is 151 g/mol. The number of hydrogen-bond donors (Lipinski definition) is 1. The second kappa shape index (κ2) is 2.99. The van der Waals surface area contributed by atoms with Crippen LogP contribution in [0.5, 0.6) is 0 Å². The normalized spacial score (nSPS) is 14.6. The molecule has 11 heavy (non-hydrogen) atoms. The van der Waals surface area contributed by atoms with Gasteiger partial charge in [-0.1, -0.05) is 0 Å². The van der Waals surface area contributed by atoms with Gasteiger partial charge in [0, 0.05) is 6.08 Å². The summed E-state index contributed by atoms with van der Waals surface area (Å²) < 4.78 is 4.40. The van der Waals surface area contributed by atoms with Crippen molar-refractivity contribution >= 4 is 5.97 Å². The summed E-state index contributed by atoms with van der Waals surface area (Å²) in [6.07, 6.45) is 6.93. The molecule has 0 aromatic carbocycles. The minimum atomic E-state index is -0.556. The van der Waals surface area contributed by atoms with Gasteiger partial charge in [-0.25, -0.2) is 4.79 Å². The molecular formula is C8H7O3+. The molecule has 0 amide bonds. The van der Waals surface area contributed by atoms with Gasteiger partial charge in [0.15, 0.2) is 0 Å². The van der Waals surface area contributed by atoms with Crippen molar-refractivity contribution < 1.29 is 14.6 Å². The van der Waals surface area contributed by atoms with Gasteiger partial charge < -0.3 is 9.84 Å². The molecule has 0 aliphatic heterocycles. The summed E-state index contributed by atoms with van der Waals surface area (Å²) in [7, 11) is 1.26. The maximum Gasteiger partial charge on any atom is 0.400 e. The van der Waals surface area contributed by atoms with E-state index in [4.69, 9.17) is 5.11 Å². The number of aliphatic hydroxyl groups is 1. The van der Waals surface area contributed by atoms with Gasteiger partial charge in [0.25, 0.3) is 0 Å². The van der Waals surface area contributed by atoms with E-state index in [1.165, 1.54) is 25.3 Å². The Morgan fingerprint density at radius 1 is 1.73 bits per heavy atom. The number of aliphatic hydroxyl groups excluding tert-OH is 1. The third-order valence-electron chi connectivity index (χ3n) is 1.25. The van der Waals surface area contributed by atoms with Crippen molar-refractivity contribution in [3.63, 3.8) is 0 Å². The highest BCUT2D eigenvalue weighted by Crippen LogP contribution is 2.10. The lowest BCUT2D eigenvalue weighted by atomic mass is 10.1. The van der Waals surface area contributed by atoms with E-state index in [0.29, 0.717) is 0 Å². The Balaban J connectivity index is 2.95. The third kappa shape index (κ3) is 1.45. The fraction of sp³-hybridized carbons (Fsp3) is 0.125. The van der Waals surface area contributed by atoms with E-state index in [1.54, 1.807) is 0 Å². The van der Waals surface area contributed by atoms with Gasteiger partial charge in [0.05, 0.1) is 13.2 Å². The fourth-order valence-corrected chi connectivity index (χ4v) is 0.696. The van der Waals surface area contributed by atoms with Gasteiger partial charge in [-0.05, 0) is 0 Å². The first-order chi connectivity index (χ1) is 5.25. The second-order valence-corrected chi connectivity index (χ2v) is 1.93. The maximum absolute atomic E-state index is 10.8. The Labute approximate surface area is 64.3 Å². The van der Waals surface area contributed by atoms with Gasteiger partial charge >= 0.3 is 5.97 Å². The summed E-state index contributed by atoms with van der Waals surface area (Å²) in [4.78, 5) is 10.8. The molecule has 0 fully saturated rings. The summed E-state index contributed by atoms with van der Waals surface area (Å²) in [6, 6.07) is 0. The highest BCUT2D eigenvalue weighted by Gasteiger charge is 2.21. The standard InChI is InChI=1S/C8H6O3/c1-11-8(10)6-4-2-3-5-7(6)9/h3-5H,1H3/p+1. The van der Waals surface area contributed by atoms with E-state index in [-0.39, 0.29) is 11.3 Å². The van der Waals surface area contributed by atoms with Crippen LogP contribution < -0.4 is 0 Å². The van der Waals surface area contributed by atoms with Gasteiger partial charge in [-0.3, -0.25) is 0 Å². The predicted molar refractivity (Wildman–Crippen MR) is 38.6 cm³/mol. The highest BCUT2D eigenvalue weighted by atomic mass is 16.5. The molecule has 3 nitrogen and oxygen atoms in total. The number of methoxy groups -OCH3 is 1. The minimum Gasteiger partial charge on any atom is -0.487 e. The second-order valence-electron chi connectivity index (χ2n) is 1.93. The monoisotopic (exact) mass is 151 g/mol. The molecular weight excluding hydrogens is 144 g/mol. The average Bonchev–Trinajstić information content (AvgIpc) is 2.04. The van der Waals surface area contributed by atoms with E-state index in [9.17, 15) is 4.79 Å². The largest absolute Gasteiger partial charge is 0.487 e. The Morgan fingerprint density at radius 2 is 2.45 bits per heavy atom. The Morgan fingerprint density at radius 3 is 3.00 bits per heavy atom. The van der Waals surface area contributed by atoms with E-state index in [1.807, 2.05) is 0 Å². The number of hydrogen-bond acceptors (Lipinski definition) is 3. The van der Waals surface area contributed by atoms with Crippen LogP contribution >= 0.6 is 0 Å². The van der Waals surface area contributed by atoms with E-state index in [2.05, 4.69) is 10.8 Å². The SMILES string of the molecule is COC(=O)C1=C(O)C=C[C+]=C1. The molecule has 3 heteroatoms. The van der Waals surface area contributed by atoms with Crippen LogP contribution in [-0.2, 0) is 9.53 Å². The first-order valence-electron chi connectivity index (χ1n) is 3.03. The minimum absolute atomic E-state index is 0.0874. The van der Waals surface area contributed by atoms with Crippen molar-refractivity contribution in [2.24, 2.45) is 0 Å². The molecule has 1 aliphatic rings. The lowest BCUT2D eigenvalue weighted by Crippen LogP contribution is -2.06. The summed E-state index contributed by atoms with van der Waals surface area (Å²) in [5.74, 6) is -0.644. The number of carbonyl (C=O) groups is 1. The first kappa shape index (κ1) is 7.51. The van der Waals surface area contributed by atoms with Crippen LogP contribution in [0.2, 0.25) is 0 Å². The zero-order chi connectivity index (χ0) is 8.27. The van der Waals surface area contributed by atoms with Crippen molar-refractivity contribution in [2.45, 2.75) is 0 Å². The van der Waals surface area contributed by atoms with Crippen LogP contribution in [0, 0.1) is 6.08 Å². The van der Waals surface area contributed by atoms with Gasteiger partial charge in [0.2, 0.25) is 11.3 Å². The van der Waals surface area contributed by atoms with Crippen molar-refractivity contribution in [2.75, 3.05) is 7.11 Å². The molecule has 0 aromatic heterocycles. The summed E-state index contributed by atoms with van der Waals surface area (Å²) in [5, 5.41) is 9.09. The number of carbonyl (C=O) groups excluding carboxylic acids is 1. The molecule has 0 radical (unpaired) electrons. The topological polar surface area (TPSA) is 46.5 Å². The van der Waals surface area contributed by atoms with E-state index >= 15 is 0 Å². The van der Waals surface area contributed by atoms with E-state index < -0.39 is 5.97 Å². The molecule has 1 aliphatic carbocycles. The quantitative estimate of drug-likeness (QED) is 0.447. The van der Waals surface area contributed by atoms with Crippen molar-refractivity contribution in [3.05, 3.63) is 35.6 Å². The Kier molecular flexibility index (Phi) is 2.04. The summed E-state index contributed by atoms with van der Waals surface area (Å²) >= 11 is 0. The smallest absolute Gasteiger partial charge is 0.400 e. The molecule has 1 rings (SSSR count). The van der Waals surface area contributed by atoms with Crippen LogP contribution in [-0.4, -0.2) is 18.2 Å². The van der Waals surface area contributed by atoms with Crippen molar-refractivity contribution in [1.29, 1.82) is 0 Å². The summed E-state index contributed by atoms with van der Waals surface area (Å²) in [5.41, 5.74) is 0.134. The predicted octanol–water partition coefficient (Wildman–Crippen LogP) is 0.901. The van der Waals surface area contributed by atoms with Gasteiger partial charge in [-0.15, -0.1) is 0 Å². The third-order valence-corrected chi connectivity index (χ3v) is 1.25. The number of allylic oxidation sites excluding steroid dienone is 3. The lowest BCUT2D eigenvalue weighted by Gasteiger charge is -1.95. The van der Waals surface area contributed by atoms with Crippen molar-refractivity contribution in [1.82, 2.24) is 0 Å². The van der Waals surface area contributed by atoms with Crippen molar-refractivity contribution in [3.8, 4) is 0 Å². The molecule has 0 spiro atoms. The van der Waals surface area contributed by atoms with Crippen LogP contribution in [0.3, 0.4) is 0 Å². The van der Waals surface area contributed by atoms with Crippen LogP contribution in [0.25, 0.3) is 0 Å². The number of rotatable bonds is 1. The highest BCUT2D eigenvalue weighted by molar-refractivity contribution is 5.92. The molecule has 0 saturated heterocycles. The molecule has 0 unspecified atom stereocenters. The zero-order valence-corrected chi connectivity index (χ0v) is 6.00. The first-order valence-corrected chi connectivity index (χ1v) is 3.03. The fourth-order valence-electron chi connectivity index (χ4n) is 0.696. The van der Waals surface area contributed by atoms with Crippen LogP contribution in [0.15, 0.2) is 29.6 Å². The lowest BCUT2D eigenvalue weighted by molar-refractivity contribution is -0.135. The number of ether oxygens (including phenoxy) is 1. The van der Waals surface area contributed by atoms with Crippen LogP contribution in [0.1, 0.15) is 0 Å². The number of esters is 1. The zero-order valence-electron chi connectivity index (χ0n) is 6.00. The molecule has 0 heterocycles. The maximum atomic E-state index is 10.8. The van der Waals surface area contributed by atoms with Crippen LogP contribution in [0.4, 0.5) is 0 Å². The van der Waals surface area contributed by atoms with E-state index in [0.717, 1.165) is 0 Å². The molecule has 56 valence electrons. The Hall–Kier alpha value is -1.60. The molecule has 0 atom stereocenters. The molecule has 0 saturated carbocycles. The van der Waals surface area contributed by atoms with Gasteiger partial charge in [-0.2, -0.15) is 0 Å². The Bertz CT molecular complexity index is 259. The summed E-state index contributed by atoms with van der Waals surface area (Å²) in [6.45, 7) is 0. The van der Waals surface area contributed by atoms with Gasteiger partial charge in [0.1, 0.15) is 12.2 Å². The molecule has 1 N–H and O–H groups in total. The molecule has 0 bridgehead atoms.